The van der Waals surface area contributed by atoms with Crippen LogP contribution in [0.4, 0.5) is 28.9 Å². The van der Waals surface area contributed by atoms with Crippen molar-refractivity contribution >= 4 is 23.0 Å². The van der Waals surface area contributed by atoms with Crippen LogP contribution in [0, 0.1) is 0 Å². The number of benzene rings is 2. The minimum absolute atomic E-state index is 0.0505. The minimum Gasteiger partial charge on any atom is -0.369 e. The summed E-state index contributed by atoms with van der Waals surface area (Å²) >= 11 is 6.31. The summed E-state index contributed by atoms with van der Waals surface area (Å²) in [6.07, 6.45) is -5.16. The van der Waals surface area contributed by atoms with E-state index in [1.807, 2.05) is 24.3 Å². The highest BCUT2D eigenvalue weighted by Crippen LogP contribution is 2.42. The van der Waals surface area contributed by atoms with Gasteiger partial charge in [0.15, 0.2) is 6.29 Å². The molecule has 3 aromatic rings. The van der Waals surface area contributed by atoms with E-state index in [9.17, 15) is 19.0 Å². The van der Waals surface area contributed by atoms with Crippen molar-refractivity contribution in [3.8, 4) is 11.1 Å². The van der Waals surface area contributed by atoms with Crippen molar-refractivity contribution in [1.29, 1.82) is 0 Å². The van der Waals surface area contributed by atoms with Crippen LogP contribution >= 0.6 is 11.6 Å². The Balaban J connectivity index is 1.45. The number of aliphatic hydroxyl groups is 2. The highest BCUT2D eigenvalue weighted by atomic mass is 35.5. The molecule has 1 unspecified atom stereocenters. The smallest absolute Gasteiger partial charge is 0.280 e. The molecule has 0 radical (unpaired) electrons. The second-order valence-electron chi connectivity index (χ2n) is 10.3. The standard InChI is InChI=1S/C28H32ClF4N5O2/c1-2-35-9-11-36(12-10-35)20-6-3-18(4-7-20)22-8-5-19(29)13-24(22)37-16-21(14-28(32,33)17-37)38-25(26(30)31)23(15-34-38)27(39)40/h3-8,13,15,21,26-27,39-40H,2,9-12,14,16-17H2,1H3. The van der Waals surface area contributed by atoms with Crippen LogP contribution in [0.5, 0.6) is 0 Å². The van der Waals surface area contributed by atoms with E-state index in [4.69, 9.17) is 11.6 Å². The quantitative estimate of drug-likeness (QED) is 0.290. The molecule has 0 aliphatic carbocycles. The molecule has 12 heteroatoms. The molecule has 0 spiro atoms. The SMILES string of the molecule is CCN1CCN(c2ccc(-c3ccc(Cl)cc3N3CC(n4ncc(C(O)O)c4C(F)F)CC(F)(F)C3)cc2)CC1. The fourth-order valence-electron chi connectivity index (χ4n) is 5.70. The first-order valence-corrected chi connectivity index (χ1v) is 13.7. The van der Waals surface area contributed by atoms with Gasteiger partial charge in [-0.2, -0.15) is 5.10 Å². The number of hydrogen-bond donors (Lipinski definition) is 2. The predicted octanol–water partition coefficient (Wildman–Crippen LogP) is 5.35. The normalized spacial score (nSPS) is 20.1. The maximum Gasteiger partial charge on any atom is 0.280 e. The first-order valence-electron chi connectivity index (χ1n) is 13.3. The van der Waals surface area contributed by atoms with Gasteiger partial charge in [-0.25, -0.2) is 17.6 Å². The van der Waals surface area contributed by atoms with Gasteiger partial charge in [0, 0.05) is 61.1 Å². The Hall–Kier alpha value is -2.86. The predicted molar refractivity (Wildman–Crippen MR) is 146 cm³/mol. The fourth-order valence-corrected chi connectivity index (χ4v) is 5.87. The highest BCUT2D eigenvalue weighted by molar-refractivity contribution is 6.31. The van der Waals surface area contributed by atoms with Crippen molar-refractivity contribution < 1.29 is 27.8 Å². The molecule has 2 saturated heterocycles. The Bertz CT molecular complexity index is 1310. The Morgan fingerprint density at radius 3 is 2.35 bits per heavy atom. The first kappa shape index (κ1) is 28.7. The third kappa shape index (κ3) is 5.93. The van der Waals surface area contributed by atoms with Gasteiger partial charge in [-0.05, 0) is 36.4 Å². The van der Waals surface area contributed by atoms with Crippen LogP contribution in [0.1, 0.15) is 43.4 Å². The number of piperazine rings is 1. The zero-order chi connectivity index (χ0) is 28.6. The minimum atomic E-state index is -3.23. The molecule has 1 aromatic heterocycles. The molecule has 2 aliphatic rings. The lowest BCUT2D eigenvalue weighted by Gasteiger charge is -2.40. The average Bonchev–Trinajstić information content (AvgIpc) is 3.39. The summed E-state index contributed by atoms with van der Waals surface area (Å²) in [4.78, 5) is 6.16. The van der Waals surface area contributed by atoms with Gasteiger partial charge in [0.05, 0.1) is 24.3 Å². The molecule has 2 fully saturated rings. The Kier molecular flexibility index (Phi) is 8.28. The van der Waals surface area contributed by atoms with Crippen molar-refractivity contribution in [3.05, 3.63) is 64.9 Å². The van der Waals surface area contributed by atoms with Gasteiger partial charge in [0.1, 0.15) is 5.69 Å². The molecule has 2 aromatic carbocycles. The fraction of sp³-hybridized carbons (Fsp3) is 0.464. The molecule has 2 aliphatic heterocycles. The summed E-state index contributed by atoms with van der Waals surface area (Å²) in [5.41, 5.74) is 1.75. The Morgan fingerprint density at radius 1 is 1.02 bits per heavy atom. The lowest BCUT2D eigenvalue weighted by Crippen LogP contribution is -2.48. The second-order valence-corrected chi connectivity index (χ2v) is 10.8. The zero-order valence-electron chi connectivity index (χ0n) is 22.0. The van der Waals surface area contributed by atoms with E-state index in [-0.39, 0.29) is 6.54 Å². The van der Waals surface area contributed by atoms with Gasteiger partial charge in [-0.1, -0.05) is 36.7 Å². The maximum absolute atomic E-state index is 15.1. The molecule has 0 saturated carbocycles. The lowest BCUT2D eigenvalue weighted by atomic mass is 9.97. The molecule has 0 amide bonds. The van der Waals surface area contributed by atoms with Crippen LogP contribution in [0.3, 0.4) is 0 Å². The maximum atomic E-state index is 15.1. The number of aromatic nitrogens is 2. The van der Waals surface area contributed by atoms with Gasteiger partial charge >= 0.3 is 0 Å². The first-order chi connectivity index (χ1) is 19.1. The van der Waals surface area contributed by atoms with E-state index in [1.165, 1.54) is 4.90 Å². The molecule has 0 bridgehead atoms. The van der Waals surface area contributed by atoms with Crippen LogP contribution in [0.15, 0.2) is 48.7 Å². The molecule has 3 heterocycles. The van der Waals surface area contributed by atoms with Crippen molar-refractivity contribution in [2.75, 3.05) is 55.6 Å². The number of aliphatic hydroxyl groups excluding tert-OH is 1. The monoisotopic (exact) mass is 581 g/mol. The van der Waals surface area contributed by atoms with Gasteiger partial charge in [0.2, 0.25) is 0 Å². The number of nitrogens with zero attached hydrogens (tertiary/aromatic N) is 5. The van der Waals surface area contributed by atoms with Gasteiger partial charge < -0.3 is 24.9 Å². The number of hydrogen-bond acceptors (Lipinski definition) is 6. The third-order valence-electron chi connectivity index (χ3n) is 7.75. The van der Waals surface area contributed by atoms with E-state index in [1.54, 1.807) is 18.2 Å². The number of likely N-dealkylation sites (N-methyl/N-ethyl adjacent to an activating group) is 1. The van der Waals surface area contributed by atoms with Crippen LogP contribution in [-0.4, -0.2) is 76.6 Å². The van der Waals surface area contributed by atoms with Crippen molar-refractivity contribution in [2.45, 2.75) is 38.0 Å². The number of piperidine rings is 1. The summed E-state index contributed by atoms with van der Waals surface area (Å²) in [5, 5.41) is 23.2. The van der Waals surface area contributed by atoms with Crippen LogP contribution < -0.4 is 9.80 Å². The largest absolute Gasteiger partial charge is 0.369 e. The summed E-state index contributed by atoms with van der Waals surface area (Å²) < 4.78 is 58.8. The van der Waals surface area contributed by atoms with E-state index in [2.05, 4.69) is 21.8 Å². The summed E-state index contributed by atoms with van der Waals surface area (Å²) in [7, 11) is 0. The molecule has 5 rings (SSSR count). The van der Waals surface area contributed by atoms with E-state index < -0.39 is 48.9 Å². The molecular weight excluding hydrogens is 550 g/mol. The second kappa shape index (κ2) is 11.6. The van der Waals surface area contributed by atoms with E-state index in [0.29, 0.717) is 16.3 Å². The van der Waals surface area contributed by atoms with Gasteiger partial charge in [0.25, 0.3) is 12.3 Å². The molecule has 7 nitrogen and oxygen atoms in total. The number of halogens is 5. The van der Waals surface area contributed by atoms with Crippen molar-refractivity contribution in [3.63, 3.8) is 0 Å². The Morgan fingerprint density at radius 2 is 1.73 bits per heavy atom. The van der Waals surface area contributed by atoms with Crippen molar-refractivity contribution in [2.24, 2.45) is 0 Å². The average molecular weight is 582 g/mol. The summed E-state index contributed by atoms with van der Waals surface area (Å²) in [6, 6.07) is 11.9. The molecular formula is C28H32ClF4N5O2. The molecule has 40 heavy (non-hydrogen) atoms. The van der Waals surface area contributed by atoms with Crippen LogP contribution in [0.2, 0.25) is 5.02 Å². The van der Waals surface area contributed by atoms with Crippen LogP contribution in [-0.2, 0) is 0 Å². The summed E-state index contributed by atoms with van der Waals surface area (Å²) in [5.74, 6) is -3.23. The molecule has 2 N–H and O–H groups in total. The molecule has 1 atom stereocenters. The van der Waals surface area contributed by atoms with E-state index >= 15 is 8.78 Å². The Labute approximate surface area is 235 Å². The number of rotatable bonds is 7. The molecule has 216 valence electrons. The third-order valence-corrected chi connectivity index (χ3v) is 7.98. The number of alkyl halides is 4. The number of anilines is 2. The topological polar surface area (TPSA) is 68.0 Å². The van der Waals surface area contributed by atoms with Gasteiger partial charge in [-0.3, -0.25) is 4.68 Å². The summed E-state index contributed by atoms with van der Waals surface area (Å²) in [6.45, 7) is 6.33. The van der Waals surface area contributed by atoms with Crippen LogP contribution in [0.25, 0.3) is 11.1 Å². The highest BCUT2D eigenvalue weighted by Gasteiger charge is 2.43. The van der Waals surface area contributed by atoms with Crippen molar-refractivity contribution in [1.82, 2.24) is 14.7 Å². The van der Waals surface area contributed by atoms with E-state index in [0.717, 1.165) is 54.9 Å². The van der Waals surface area contributed by atoms with Gasteiger partial charge in [-0.15, -0.1) is 0 Å². The zero-order valence-corrected chi connectivity index (χ0v) is 22.8. The lowest BCUT2D eigenvalue weighted by molar-refractivity contribution is -0.0462.